The summed E-state index contributed by atoms with van der Waals surface area (Å²) in [6.45, 7) is 1.12. The van der Waals surface area contributed by atoms with Crippen LogP contribution in [0.5, 0.6) is 5.75 Å². The van der Waals surface area contributed by atoms with Crippen LogP contribution in [0.2, 0.25) is 0 Å². The SMILES string of the molecule is CN(C)C(=O)c1ccc(NCCOc2ccccc2)nn1. The van der Waals surface area contributed by atoms with Gasteiger partial charge >= 0.3 is 0 Å². The zero-order valence-corrected chi connectivity index (χ0v) is 12.1. The normalized spacial score (nSPS) is 10.0. The van der Waals surface area contributed by atoms with E-state index in [0.717, 1.165) is 5.75 Å². The molecule has 1 heterocycles. The van der Waals surface area contributed by atoms with Gasteiger partial charge in [-0.15, -0.1) is 10.2 Å². The molecule has 0 aliphatic carbocycles. The minimum atomic E-state index is -0.165. The third kappa shape index (κ3) is 4.45. The number of carbonyl (C=O) groups is 1. The number of benzene rings is 1. The lowest BCUT2D eigenvalue weighted by Gasteiger charge is -2.10. The molecule has 1 aromatic heterocycles. The number of amides is 1. The molecule has 2 aromatic rings. The molecule has 110 valence electrons. The van der Waals surface area contributed by atoms with Gasteiger partial charge in [-0.25, -0.2) is 0 Å². The molecular formula is C15H18N4O2. The monoisotopic (exact) mass is 286 g/mol. The number of aromatic nitrogens is 2. The number of ether oxygens (including phenoxy) is 1. The molecule has 21 heavy (non-hydrogen) atoms. The van der Waals surface area contributed by atoms with Crippen LogP contribution in [0.15, 0.2) is 42.5 Å². The Labute approximate surface area is 123 Å². The maximum atomic E-state index is 11.7. The largest absolute Gasteiger partial charge is 0.492 e. The summed E-state index contributed by atoms with van der Waals surface area (Å²) in [6.07, 6.45) is 0. The van der Waals surface area contributed by atoms with E-state index < -0.39 is 0 Å². The van der Waals surface area contributed by atoms with E-state index >= 15 is 0 Å². The predicted octanol–water partition coefficient (Wildman–Crippen LogP) is 1.67. The van der Waals surface area contributed by atoms with E-state index in [1.54, 1.807) is 26.2 Å². The first kappa shape index (κ1) is 14.8. The zero-order chi connectivity index (χ0) is 15.1. The second kappa shape index (κ2) is 7.23. The van der Waals surface area contributed by atoms with Crippen LogP contribution in [0.4, 0.5) is 5.82 Å². The molecule has 0 aliphatic heterocycles. The molecule has 0 aliphatic rings. The second-order valence-corrected chi connectivity index (χ2v) is 4.59. The summed E-state index contributed by atoms with van der Waals surface area (Å²) in [7, 11) is 3.36. The zero-order valence-electron chi connectivity index (χ0n) is 12.1. The molecule has 0 unspecified atom stereocenters. The van der Waals surface area contributed by atoms with E-state index in [9.17, 15) is 4.79 Å². The molecule has 0 saturated heterocycles. The Kier molecular flexibility index (Phi) is 5.09. The Morgan fingerprint density at radius 1 is 1.14 bits per heavy atom. The molecule has 6 nitrogen and oxygen atoms in total. The van der Waals surface area contributed by atoms with Gasteiger partial charge in [-0.3, -0.25) is 4.79 Å². The molecule has 0 spiro atoms. The van der Waals surface area contributed by atoms with Crippen molar-refractivity contribution in [2.24, 2.45) is 0 Å². The molecular weight excluding hydrogens is 268 g/mol. The molecule has 0 fully saturated rings. The third-order valence-electron chi connectivity index (χ3n) is 2.71. The number of hydrogen-bond acceptors (Lipinski definition) is 5. The average molecular weight is 286 g/mol. The van der Waals surface area contributed by atoms with Crippen molar-refractivity contribution in [1.29, 1.82) is 0 Å². The summed E-state index contributed by atoms with van der Waals surface area (Å²) < 4.78 is 5.55. The van der Waals surface area contributed by atoms with E-state index in [2.05, 4.69) is 15.5 Å². The van der Waals surface area contributed by atoms with Crippen molar-refractivity contribution < 1.29 is 9.53 Å². The quantitative estimate of drug-likeness (QED) is 0.818. The highest BCUT2D eigenvalue weighted by molar-refractivity contribution is 5.91. The van der Waals surface area contributed by atoms with Crippen molar-refractivity contribution in [2.75, 3.05) is 32.6 Å². The Balaban J connectivity index is 1.77. The lowest BCUT2D eigenvalue weighted by atomic mass is 10.3. The summed E-state index contributed by atoms with van der Waals surface area (Å²) in [5.74, 6) is 1.28. The van der Waals surface area contributed by atoms with Crippen molar-refractivity contribution in [1.82, 2.24) is 15.1 Å². The summed E-state index contributed by atoms with van der Waals surface area (Å²) in [5, 5.41) is 10.9. The Morgan fingerprint density at radius 2 is 1.90 bits per heavy atom. The third-order valence-corrected chi connectivity index (χ3v) is 2.71. The average Bonchev–Trinajstić information content (AvgIpc) is 2.52. The van der Waals surface area contributed by atoms with Gasteiger partial charge in [0, 0.05) is 14.1 Å². The maximum Gasteiger partial charge on any atom is 0.273 e. The van der Waals surface area contributed by atoms with Crippen molar-refractivity contribution in [3.8, 4) is 5.75 Å². The standard InChI is InChI=1S/C15H18N4O2/c1-19(2)15(20)13-8-9-14(18-17-13)16-10-11-21-12-6-4-3-5-7-12/h3-9H,10-11H2,1-2H3,(H,16,18). The number of carbonyl (C=O) groups excluding carboxylic acids is 1. The van der Waals surface area contributed by atoms with E-state index in [4.69, 9.17) is 4.74 Å². The van der Waals surface area contributed by atoms with E-state index in [0.29, 0.717) is 24.7 Å². The highest BCUT2D eigenvalue weighted by Gasteiger charge is 2.09. The molecule has 2 rings (SSSR count). The number of nitrogens with one attached hydrogen (secondary N) is 1. The van der Waals surface area contributed by atoms with Gasteiger partial charge in [0.2, 0.25) is 0 Å². The van der Waals surface area contributed by atoms with Gasteiger partial charge in [0.05, 0.1) is 6.54 Å². The molecule has 0 bridgehead atoms. The number of nitrogens with zero attached hydrogens (tertiary/aromatic N) is 3. The van der Waals surface area contributed by atoms with Crippen LogP contribution in [0.3, 0.4) is 0 Å². The van der Waals surface area contributed by atoms with Gasteiger partial charge in [-0.2, -0.15) is 0 Å². The van der Waals surface area contributed by atoms with Crippen LogP contribution in [0.1, 0.15) is 10.5 Å². The molecule has 0 atom stereocenters. The number of rotatable bonds is 6. The summed E-state index contributed by atoms with van der Waals surface area (Å²) in [6, 6.07) is 13.0. The predicted molar refractivity (Wildman–Crippen MR) is 80.5 cm³/mol. The summed E-state index contributed by atoms with van der Waals surface area (Å²) >= 11 is 0. The number of hydrogen-bond donors (Lipinski definition) is 1. The van der Waals surface area contributed by atoms with E-state index in [1.807, 2.05) is 30.3 Å². The fourth-order valence-electron chi connectivity index (χ4n) is 1.63. The van der Waals surface area contributed by atoms with Gasteiger partial charge in [0.15, 0.2) is 5.69 Å². The molecule has 0 saturated carbocycles. The minimum Gasteiger partial charge on any atom is -0.492 e. The lowest BCUT2D eigenvalue weighted by molar-refractivity contribution is 0.0821. The van der Waals surface area contributed by atoms with Gasteiger partial charge in [0.25, 0.3) is 5.91 Å². The van der Waals surface area contributed by atoms with Gasteiger partial charge < -0.3 is 15.0 Å². The van der Waals surface area contributed by atoms with Crippen LogP contribution in [0.25, 0.3) is 0 Å². The van der Waals surface area contributed by atoms with Crippen molar-refractivity contribution in [2.45, 2.75) is 0 Å². The van der Waals surface area contributed by atoms with E-state index in [-0.39, 0.29) is 5.91 Å². The minimum absolute atomic E-state index is 0.165. The van der Waals surface area contributed by atoms with E-state index in [1.165, 1.54) is 4.90 Å². The molecule has 1 aromatic carbocycles. The van der Waals surface area contributed by atoms with Crippen molar-refractivity contribution >= 4 is 11.7 Å². The number of anilines is 1. The molecule has 6 heteroatoms. The molecule has 1 N–H and O–H groups in total. The van der Waals surface area contributed by atoms with Crippen LogP contribution < -0.4 is 10.1 Å². The first-order chi connectivity index (χ1) is 10.2. The number of para-hydroxylation sites is 1. The van der Waals surface area contributed by atoms with Crippen molar-refractivity contribution in [3.63, 3.8) is 0 Å². The van der Waals surface area contributed by atoms with Gasteiger partial charge in [0.1, 0.15) is 18.2 Å². The summed E-state index contributed by atoms with van der Waals surface area (Å²) in [4.78, 5) is 13.1. The lowest BCUT2D eigenvalue weighted by Crippen LogP contribution is -2.23. The summed E-state index contributed by atoms with van der Waals surface area (Å²) in [5.41, 5.74) is 0.325. The Hall–Kier alpha value is -2.63. The van der Waals surface area contributed by atoms with Crippen LogP contribution in [-0.2, 0) is 0 Å². The Bertz CT molecular complexity index is 570. The Morgan fingerprint density at radius 3 is 2.52 bits per heavy atom. The first-order valence-electron chi connectivity index (χ1n) is 6.64. The fourth-order valence-corrected chi connectivity index (χ4v) is 1.63. The topological polar surface area (TPSA) is 67.4 Å². The molecule has 0 radical (unpaired) electrons. The highest BCUT2D eigenvalue weighted by Crippen LogP contribution is 2.08. The van der Waals surface area contributed by atoms with Crippen LogP contribution >= 0.6 is 0 Å². The van der Waals surface area contributed by atoms with Gasteiger partial charge in [-0.05, 0) is 24.3 Å². The highest BCUT2D eigenvalue weighted by atomic mass is 16.5. The smallest absolute Gasteiger partial charge is 0.273 e. The molecule has 1 amide bonds. The van der Waals surface area contributed by atoms with Crippen LogP contribution in [-0.4, -0.2) is 48.3 Å². The first-order valence-corrected chi connectivity index (χ1v) is 6.64. The van der Waals surface area contributed by atoms with Crippen molar-refractivity contribution in [3.05, 3.63) is 48.2 Å². The maximum absolute atomic E-state index is 11.7. The fraction of sp³-hybridized carbons (Fsp3) is 0.267. The van der Waals surface area contributed by atoms with Gasteiger partial charge in [-0.1, -0.05) is 18.2 Å². The second-order valence-electron chi connectivity index (χ2n) is 4.59. The van der Waals surface area contributed by atoms with Crippen LogP contribution in [0, 0.1) is 0 Å².